The highest BCUT2D eigenvalue weighted by Crippen LogP contribution is 2.20. The molecule has 0 saturated carbocycles. The molecule has 3 aromatic rings. The Balaban J connectivity index is 1.39. The molecule has 0 amide bonds. The first-order valence-electron chi connectivity index (χ1n) is 9.16. The molecule has 0 aliphatic carbocycles. The maximum absolute atomic E-state index is 10.7. The zero-order valence-electron chi connectivity index (χ0n) is 14.8. The molecule has 0 radical (unpaired) electrons. The molecule has 1 saturated heterocycles. The molecular formula is C22H23N3O. The molecule has 26 heavy (non-hydrogen) atoms. The predicted molar refractivity (Wildman–Crippen MR) is 105 cm³/mol. The van der Waals surface area contributed by atoms with Crippen LogP contribution in [-0.2, 0) is 17.8 Å². The van der Waals surface area contributed by atoms with E-state index in [1.807, 2.05) is 24.3 Å². The third-order valence-electron chi connectivity index (χ3n) is 5.00. The molecule has 0 N–H and O–H groups in total. The Bertz CT molecular complexity index is 901. The molecule has 1 aromatic heterocycles. The molecule has 1 aliphatic heterocycles. The summed E-state index contributed by atoms with van der Waals surface area (Å²) in [5.41, 5.74) is 3.43. The predicted octanol–water partition coefficient (Wildman–Crippen LogP) is 3.30. The van der Waals surface area contributed by atoms with E-state index < -0.39 is 0 Å². The first kappa shape index (κ1) is 16.7. The molecule has 2 aromatic carbocycles. The second-order valence-electron chi connectivity index (χ2n) is 6.82. The summed E-state index contributed by atoms with van der Waals surface area (Å²) < 4.78 is 0. The van der Waals surface area contributed by atoms with Gasteiger partial charge in [0.05, 0.1) is 5.52 Å². The minimum absolute atomic E-state index is 0.495. The lowest BCUT2D eigenvalue weighted by molar-refractivity contribution is -0.107. The summed E-state index contributed by atoms with van der Waals surface area (Å²) in [6.45, 7) is 4.95. The van der Waals surface area contributed by atoms with E-state index in [-0.39, 0.29) is 0 Å². The van der Waals surface area contributed by atoms with Gasteiger partial charge in [-0.05, 0) is 29.3 Å². The third-order valence-corrected chi connectivity index (χ3v) is 5.00. The van der Waals surface area contributed by atoms with Gasteiger partial charge >= 0.3 is 0 Å². The van der Waals surface area contributed by atoms with Gasteiger partial charge in [-0.1, -0.05) is 42.5 Å². The fraction of sp³-hybridized carbons (Fsp3) is 0.273. The summed E-state index contributed by atoms with van der Waals surface area (Å²) in [7, 11) is 0. The second kappa shape index (κ2) is 7.67. The Kier molecular flexibility index (Phi) is 4.93. The molecule has 2 heterocycles. The van der Waals surface area contributed by atoms with Crippen molar-refractivity contribution < 1.29 is 4.79 Å². The van der Waals surface area contributed by atoms with E-state index in [9.17, 15) is 4.79 Å². The summed E-state index contributed by atoms with van der Waals surface area (Å²) in [5, 5.41) is 1.19. The number of rotatable bonds is 5. The van der Waals surface area contributed by atoms with Crippen molar-refractivity contribution in [1.82, 2.24) is 9.88 Å². The highest BCUT2D eigenvalue weighted by Gasteiger charge is 2.18. The molecule has 1 fully saturated rings. The van der Waals surface area contributed by atoms with Crippen LogP contribution in [0.4, 0.5) is 5.82 Å². The van der Waals surface area contributed by atoms with E-state index in [0.29, 0.717) is 6.42 Å². The minimum Gasteiger partial charge on any atom is -0.354 e. The van der Waals surface area contributed by atoms with Gasteiger partial charge in [0.1, 0.15) is 12.1 Å². The maximum atomic E-state index is 10.7. The van der Waals surface area contributed by atoms with E-state index in [0.717, 1.165) is 55.9 Å². The number of aldehydes is 1. The van der Waals surface area contributed by atoms with Gasteiger partial charge in [0, 0.05) is 44.5 Å². The topological polar surface area (TPSA) is 36.4 Å². The first-order valence-corrected chi connectivity index (χ1v) is 9.16. The number of carbonyl (C=O) groups is 1. The molecular weight excluding hydrogens is 322 g/mol. The van der Waals surface area contributed by atoms with Gasteiger partial charge in [0.15, 0.2) is 0 Å². The number of pyridine rings is 1. The van der Waals surface area contributed by atoms with Gasteiger partial charge in [0.2, 0.25) is 0 Å². The largest absolute Gasteiger partial charge is 0.354 e. The van der Waals surface area contributed by atoms with E-state index >= 15 is 0 Å². The molecule has 0 spiro atoms. The summed E-state index contributed by atoms with van der Waals surface area (Å²) in [4.78, 5) is 20.4. The van der Waals surface area contributed by atoms with Crippen LogP contribution in [0.15, 0.2) is 60.7 Å². The maximum Gasteiger partial charge on any atom is 0.129 e. The summed E-state index contributed by atoms with van der Waals surface area (Å²) in [5.74, 6) is 1.07. The van der Waals surface area contributed by atoms with Crippen molar-refractivity contribution in [2.45, 2.75) is 13.0 Å². The minimum atomic E-state index is 0.495. The van der Waals surface area contributed by atoms with E-state index in [1.165, 1.54) is 10.9 Å². The van der Waals surface area contributed by atoms with Gasteiger partial charge in [-0.15, -0.1) is 0 Å². The summed E-state index contributed by atoms with van der Waals surface area (Å²) in [6, 6.07) is 20.9. The molecule has 0 bridgehead atoms. The van der Waals surface area contributed by atoms with Crippen LogP contribution in [0.1, 0.15) is 11.1 Å². The normalized spacial score (nSPS) is 15.3. The number of hydrogen-bond acceptors (Lipinski definition) is 4. The van der Waals surface area contributed by atoms with E-state index in [1.54, 1.807) is 0 Å². The fourth-order valence-electron chi connectivity index (χ4n) is 3.58. The van der Waals surface area contributed by atoms with Crippen LogP contribution < -0.4 is 4.90 Å². The molecule has 0 unspecified atom stereocenters. The van der Waals surface area contributed by atoms with Crippen LogP contribution in [0, 0.1) is 0 Å². The monoisotopic (exact) mass is 345 g/mol. The number of hydrogen-bond donors (Lipinski definition) is 0. The Morgan fingerprint density at radius 2 is 1.69 bits per heavy atom. The van der Waals surface area contributed by atoms with Crippen LogP contribution in [0.25, 0.3) is 10.9 Å². The second-order valence-corrected chi connectivity index (χ2v) is 6.82. The quantitative estimate of drug-likeness (QED) is 0.665. The lowest BCUT2D eigenvalue weighted by Crippen LogP contribution is -2.46. The molecule has 1 aliphatic rings. The van der Waals surface area contributed by atoms with Crippen molar-refractivity contribution in [1.29, 1.82) is 0 Å². The Morgan fingerprint density at radius 3 is 2.54 bits per heavy atom. The fourth-order valence-corrected chi connectivity index (χ4v) is 3.58. The Hall–Kier alpha value is -2.72. The van der Waals surface area contributed by atoms with Crippen LogP contribution in [0.5, 0.6) is 0 Å². The SMILES string of the molecule is O=CCc1cccc(CN2CCN(c3ccc4ccccc4n3)CC2)c1. The van der Waals surface area contributed by atoms with Gasteiger partial charge < -0.3 is 9.69 Å². The molecule has 0 atom stereocenters. The summed E-state index contributed by atoms with van der Waals surface area (Å²) >= 11 is 0. The number of carbonyl (C=O) groups excluding carboxylic acids is 1. The van der Waals surface area contributed by atoms with Crippen LogP contribution in [0.3, 0.4) is 0 Å². The van der Waals surface area contributed by atoms with Crippen molar-refractivity contribution in [2.24, 2.45) is 0 Å². The number of nitrogens with zero attached hydrogens (tertiary/aromatic N) is 3. The number of aromatic nitrogens is 1. The van der Waals surface area contributed by atoms with E-state index in [2.05, 4.69) is 46.2 Å². The average Bonchev–Trinajstić information content (AvgIpc) is 2.69. The standard InChI is InChI=1S/C22H23N3O/c26-15-10-18-4-3-5-19(16-18)17-24-11-13-25(14-12-24)22-9-8-20-6-1-2-7-21(20)23-22/h1-9,15-16H,10-14,17H2. The van der Waals surface area contributed by atoms with Crippen LogP contribution in [0.2, 0.25) is 0 Å². The van der Waals surface area contributed by atoms with Crippen molar-refractivity contribution in [3.8, 4) is 0 Å². The van der Waals surface area contributed by atoms with Crippen LogP contribution in [-0.4, -0.2) is 42.3 Å². The molecule has 4 heteroatoms. The molecule has 4 rings (SSSR count). The smallest absolute Gasteiger partial charge is 0.129 e. The average molecular weight is 345 g/mol. The van der Waals surface area contributed by atoms with Crippen molar-refractivity contribution in [3.05, 3.63) is 71.8 Å². The van der Waals surface area contributed by atoms with E-state index in [4.69, 9.17) is 4.98 Å². The lowest BCUT2D eigenvalue weighted by atomic mass is 10.1. The zero-order chi connectivity index (χ0) is 17.8. The zero-order valence-corrected chi connectivity index (χ0v) is 14.8. The number of piperazine rings is 1. The highest BCUT2D eigenvalue weighted by molar-refractivity contribution is 5.80. The van der Waals surface area contributed by atoms with Crippen LogP contribution >= 0.6 is 0 Å². The van der Waals surface area contributed by atoms with Gasteiger partial charge in [-0.2, -0.15) is 0 Å². The van der Waals surface area contributed by atoms with Gasteiger partial charge in [-0.25, -0.2) is 4.98 Å². The number of benzene rings is 2. The third kappa shape index (κ3) is 3.75. The Labute approximate surface area is 154 Å². The lowest BCUT2D eigenvalue weighted by Gasteiger charge is -2.35. The Morgan fingerprint density at radius 1 is 0.885 bits per heavy atom. The summed E-state index contributed by atoms with van der Waals surface area (Å²) in [6.07, 6.45) is 1.46. The molecule has 132 valence electrons. The van der Waals surface area contributed by atoms with Crippen molar-refractivity contribution >= 4 is 23.0 Å². The van der Waals surface area contributed by atoms with Gasteiger partial charge in [-0.3, -0.25) is 4.90 Å². The number of anilines is 1. The first-order chi connectivity index (χ1) is 12.8. The van der Waals surface area contributed by atoms with Crippen molar-refractivity contribution in [3.63, 3.8) is 0 Å². The number of para-hydroxylation sites is 1. The van der Waals surface area contributed by atoms with Crippen molar-refractivity contribution in [2.75, 3.05) is 31.1 Å². The number of fused-ring (bicyclic) bond motifs is 1. The highest BCUT2D eigenvalue weighted by atomic mass is 16.1. The van der Waals surface area contributed by atoms with Gasteiger partial charge in [0.25, 0.3) is 0 Å². The molecule has 4 nitrogen and oxygen atoms in total.